The zero-order valence-electron chi connectivity index (χ0n) is 14.2. The first-order chi connectivity index (χ1) is 12.0. The molecule has 1 aromatic heterocycles. The average Bonchev–Trinajstić information content (AvgIpc) is 2.61. The number of amides is 1. The van der Waals surface area contributed by atoms with Gasteiger partial charge in [0, 0.05) is 18.9 Å². The molecule has 0 bridgehead atoms. The van der Waals surface area contributed by atoms with Gasteiger partial charge in [0.1, 0.15) is 0 Å². The molecule has 134 valence electrons. The molecule has 0 fully saturated rings. The van der Waals surface area contributed by atoms with Crippen LogP contribution in [0.4, 0.5) is 0 Å². The van der Waals surface area contributed by atoms with Gasteiger partial charge in [0.15, 0.2) is 0 Å². The van der Waals surface area contributed by atoms with E-state index < -0.39 is 16.1 Å². The van der Waals surface area contributed by atoms with Crippen LogP contribution < -0.4 is 10.0 Å². The molecule has 0 saturated carbocycles. The van der Waals surface area contributed by atoms with Crippen molar-refractivity contribution in [2.24, 2.45) is 0 Å². The number of carbonyl (C=O) groups excluding carboxylic acids is 1. The van der Waals surface area contributed by atoms with E-state index in [0.29, 0.717) is 19.4 Å². The van der Waals surface area contributed by atoms with E-state index in [4.69, 9.17) is 0 Å². The molecule has 2 rings (SSSR count). The number of nitrogens with one attached hydrogen (secondary N) is 2. The fraction of sp³-hybridized carbons (Fsp3) is 0.333. The number of carbonyl (C=O) groups is 1. The van der Waals surface area contributed by atoms with Crippen LogP contribution in [0.3, 0.4) is 0 Å². The lowest BCUT2D eigenvalue weighted by atomic mass is 10.1. The number of benzene rings is 1. The number of rotatable bonds is 9. The zero-order chi connectivity index (χ0) is 18.1. The van der Waals surface area contributed by atoms with Gasteiger partial charge in [-0.15, -0.1) is 0 Å². The van der Waals surface area contributed by atoms with E-state index >= 15 is 0 Å². The molecule has 0 aliphatic heterocycles. The number of hydrogen-bond acceptors (Lipinski definition) is 4. The molecule has 0 unspecified atom stereocenters. The second kappa shape index (κ2) is 9.29. The van der Waals surface area contributed by atoms with Crippen molar-refractivity contribution >= 4 is 15.9 Å². The number of hydrogen-bond donors (Lipinski definition) is 2. The Labute approximate surface area is 148 Å². The molecule has 25 heavy (non-hydrogen) atoms. The molecule has 0 saturated heterocycles. The van der Waals surface area contributed by atoms with Gasteiger partial charge in [-0.3, -0.25) is 9.78 Å². The lowest BCUT2D eigenvalue weighted by molar-refractivity contribution is -0.122. The molecule has 6 nitrogen and oxygen atoms in total. The van der Waals surface area contributed by atoms with Gasteiger partial charge in [0.05, 0.1) is 11.8 Å². The summed E-state index contributed by atoms with van der Waals surface area (Å²) in [4.78, 5) is 16.0. The van der Waals surface area contributed by atoms with Gasteiger partial charge in [-0.05, 0) is 37.0 Å². The Morgan fingerprint density at radius 2 is 1.84 bits per heavy atom. The van der Waals surface area contributed by atoms with Crippen molar-refractivity contribution in [3.05, 3.63) is 66.0 Å². The summed E-state index contributed by atoms with van der Waals surface area (Å²) < 4.78 is 26.6. The van der Waals surface area contributed by atoms with Crippen LogP contribution in [0.1, 0.15) is 24.5 Å². The van der Waals surface area contributed by atoms with E-state index in [9.17, 15) is 13.2 Å². The van der Waals surface area contributed by atoms with Gasteiger partial charge in [-0.25, -0.2) is 13.1 Å². The van der Waals surface area contributed by atoms with Crippen LogP contribution in [0.15, 0.2) is 54.9 Å². The van der Waals surface area contributed by atoms with Crippen LogP contribution >= 0.6 is 0 Å². The van der Waals surface area contributed by atoms with Crippen LogP contribution in [0.2, 0.25) is 0 Å². The Kier molecular flexibility index (Phi) is 7.09. The molecule has 1 heterocycles. The third-order valence-electron chi connectivity index (χ3n) is 3.66. The quantitative estimate of drug-likeness (QED) is 0.711. The highest BCUT2D eigenvalue weighted by atomic mass is 32.2. The van der Waals surface area contributed by atoms with Crippen LogP contribution in [0, 0.1) is 0 Å². The first-order valence-electron chi connectivity index (χ1n) is 8.17. The molecular formula is C18H23N3O3S. The molecular weight excluding hydrogens is 338 g/mol. The van der Waals surface area contributed by atoms with E-state index in [1.54, 1.807) is 18.5 Å². The third-order valence-corrected chi connectivity index (χ3v) is 5.20. The van der Waals surface area contributed by atoms with Crippen LogP contribution in [0.5, 0.6) is 0 Å². The number of sulfonamides is 1. The lowest BCUT2D eigenvalue weighted by Crippen LogP contribution is -2.45. The first kappa shape index (κ1) is 19.1. The molecule has 7 heteroatoms. The maximum absolute atomic E-state index is 12.1. The van der Waals surface area contributed by atoms with E-state index in [0.717, 1.165) is 11.1 Å². The second-order valence-electron chi connectivity index (χ2n) is 5.83. The van der Waals surface area contributed by atoms with Crippen molar-refractivity contribution in [1.29, 1.82) is 0 Å². The maximum atomic E-state index is 12.1. The van der Waals surface area contributed by atoms with Gasteiger partial charge in [-0.2, -0.15) is 0 Å². The first-order valence-corrected chi connectivity index (χ1v) is 9.82. The summed E-state index contributed by atoms with van der Waals surface area (Å²) in [5.74, 6) is -0.377. The summed E-state index contributed by atoms with van der Waals surface area (Å²) in [5.41, 5.74) is 1.95. The van der Waals surface area contributed by atoms with E-state index in [-0.39, 0.29) is 11.7 Å². The zero-order valence-corrected chi connectivity index (χ0v) is 15.0. The van der Waals surface area contributed by atoms with Gasteiger partial charge in [0.2, 0.25) is 15.9 Å². The fourth-order valence-corrected chi connectivity index (χ4v) is 3.63. The summed E-state index contributed by atoms with van der Waals surface area (Å²) in [6, 6.07) is 12.5. The largest absolute Gasteiger partial charge is 0.351 e. The molecule has 1 amide bonds. The molecule has 0 aliphatic rings. The average molecular weight is 361 g/mol. The normalized spacial score (nSPS) is 12.5. The molecule has 1 aromatic carbocycles. The van der Waals surface area contributed by atoms with Crippen LogP contribution in [0.25, 0.3) is 0 Å². The summed E-state index contributed by atoms with van der Waals surface area (Å²) in [5, 5.41) is 2.70. The molecule has 2 aromatic rings. The van der Waals surface area contributed by atoms with E-state index in [1.807, 2.05) is 36.4 Å². The van der Waals surface area contributed by atoms with Crippen molar-refractivity contribution in [3.63, 3.8) is 0 Å². The fourth-order valence-electron chi connectivity index (χ4n) is 2.34. The molecule has 0 spiro atoms. The standard InChI is InChI=1S/C18H23N3O3S/c1-15(18(22)20-14-17-9-5-11-19-13-17)21-25(23,24)12-6-10-16-7-3-2-4-8-16/h2-5,7-9,11,13,15,21H,6,10,12,14H2,1H3,(H,20,22)/t15-/m1/s1. The number of pyridine rings is 1. The van der Waals surface area contributed by atoms with Gasteiger partial charge < -0.3 is 5.32 Å². The Morgan fingerprint density at radius 1 is 1.12 bits per heavy atom. The minimum atomic E-state index is -3.50. The molecule has 0 aliphatic carbocycles. The van der Waals surface area contributed by atoms with Gasteiger partial charge in [-0.1, -0.05) is 36.4 Å². The topological polar surface area (TPSA) is 88.2 Å². The lowest BCUT2D eigenvalue weighted by Gasteiger charge is -2.14. The van der Waals surface area contributed by atoms with E-state index in [1.165, 1.54) is 6.92 Å². The van der Waals surface area contributed by atoms with Crippen molar-refractivity contribution in [2.45, 2.75) is 32.4 Å². The molecule has 0 radical (unpaired) electrons. The van der Waals surface area contributed by atoms with Crippen LogP contribution in [-0.4, -0.2) is 31.1 Å². The minimum absolute atomic E-state index is 0.0118. The van der Waals surface area contributed by atoms with E-state index in [2.05, 4.69) is 15.0 Å². The predicted octanol–water partition coefficient (Wildman–Crippen LogP) is 1.64. The smallest absolute Gasteiger partial charge is 0.238 e. The van der Waals surface area contributed by atoms with Gasteiger partial charge >= 0.3 is 0 Å². The maximum Gasteiger partial charge on any atom is 0.238 e. The van der Waals surface area contributed by atoms with Crippen molar-refractivity contribution in [1.82, 2.24) is 15.0 Å². The highest BCUT2D eigenvalue weighted by Crippen LogP contribution is 2.04. The molecule has 1 atom stereocenters. The van der Waals surface area contributed by atoms with Crippen LogP contribution in [-0.2, 0) is 27.8 Å². The Bertz CT molecular complexity index is 765. The Balaban J connectivity index is 1.75. The van der Waals surface area contributed by atoms with Crippen molar-refractivity contribution in [2.75, 3.05) is 5.75 Å². The van der Waals surface area contributed by atoms with Crippen molar-refractivity contribution < 1.29 is 13.2 Å². The number of aryl methyl sites for hydroxylation is 1. The van der Waals surface area contributed by atoms with Crippen molar-refractivity contribution in [3.8, 4) is 0 Å². The summed E-state index contributed by atoms with van der Waals surface area (Å²) in [7, 11) is -3.50. The monoisotopic (exact) mass is 361 g/mol. The Hall–Kier alpha value is -2.25. The highest BCUT2D eigenvalue weighted by molar-refractivity contribution is 7.89. The number of nitrogens with zero attached hydrogens (tertiary/aromatic N) is 1. The SMILES string of the molecule is C[C@@H](NS(=O)(=O)CCCc1ccccc1)C(=O)NCc1cccnc1. The second-order valence-corrected chi connectivity index (χ2v) is 7.70. The third kappa shape index (κ3) is 7.03. The number of aromatic nitrogens is 1. The molecule has 2 N–H and O–H groups in total. The highest BCUT2D eigenvalue weighted by Gasteiger charge is 2.19. The predicted molar refractivity (Wildman–Crippen MR) is 97.2 cm³/mol. The summed E-state index contributed by atoms with van der Waals surface area (Å²) in [6.07, 6.45) is 4.49. The minimum Gasteiger partial charge on any atom is -0.351 e. The van der Waals surface area contributed by atoms with Gasteiger partial charge in [0.25, 0.3) is 0 Å². The summed E-state index contributed by atoms with van der Waals surface area (Å²) >= 11 is 0. The summed E-state index contributed by atoms with van der Waals surface area (Å²) in [6.45, 7) is 1.85. The Morgan fingerprint density at radius 3 is 2.52 bits per heavy atom.